The number of methoxy groups -OCH3 is 2. The van der Waals surface area contributed by atoms with Crippen molar-refractivity contribution in [2.45, 2.75) is 180 Å². The third-order valence-corrected chi connectivity index (χ3v) is 17.0. The number of rotatable bonds is 29. The highest BCUT2D eigenvalue weighted by Crippen LogP contribution is 2.32. The molecule has 438 valence electrons. The molecule has 1 aromatic rings. The lowest BCUT2D eigenvalue weighted by atomic mass is 9.83. The summed E-state index contributed by atoms with van der Waals surface area (Å²) in [5, 5.41) is 16.2. The Labute approximate surface area is 468 Å². The van der Waals surface area contributed by atoms with Crippen LogP contribution in [0.5, 0.6) is 0 Å². The maximum atomic E-state index is 14.9. The van der Waals surface area contributed by atoms with Gasteiger partial charge in [0.2, 0.25) is 35.4 Å². The number of likely N-dealkylation sites (N-methyl/N-ethyl adjacent to an activating group) is 2. The molecule has 0 radical (unpaired) electrons. The number of aliphatic hydroxyl groups is 1. The highest BCUT2D eigenvalue weighted by molar-refractivity contribution is 8.00. The number of hydrogen-bond donors (Lipinski definition) is 3. The number of Topliss-reactive ketones (excluding diaryl/α,β-unsaturated/α-hetero) is 1. The second-order valence-corrected chi connectivity index (χ2v) is 23.2. The van der Waals surface area contributed by atoms with Gasteiger partial charge in [0.1, 0.15) is 12.7 Å². The number of ether oxygens (including phenoxy) is 4. The van der Waals surface area contributed by atoms with E-state index in [1.165, 1.54) is 37.9 Å². The molecule has 2 heterocycles. The monoisotopic (exact) mass is 1110 g/mol. The highest BCUT2D eigenvalue weighted by Gasteiger charge is 2.44. The molecule has 7 amide bonds. The standard InChI is InChI=1S/C58H92N6O13S/c1-14-37(6)52(46(74-11)32-49(67)63-29-22-25-42(63)54(75-12)38(7)55(70)60-39(8)53(69)40-23-18-17-19-24-40)61(9)56(71)41(35(2)3)31-43(65)51(36(4)5)62(10)58(73)77-45-27-21-16-15-20-26-44(45)76-34-48(66)59-28-30-64-50(68)33-47(78-13)57(64)72/h17-19,21,23-24,27,35-39,41-42,44-47,51-54,69H,14-16,20,22,25-26,28-34H2,1-13H3,(H,59,66)(H,60,70)/b27-21+/t37-,38+,39+,41+,42-,44?,45?,46+,47?,51-,52-,53+,54+/m0/s1. The number of nitrogens with zero attached hydrogens (tertiary/aromatic N) is 4. The Hall–Kier alpha value is -4.89. The second kappa shape index (κ2) is 31.8. The molecule has 1 aliphatic carbocycles. The predicted octanol–water partition coefficient (Wildman–Crippen LogP) is 5.96. The van der Waals surface area contributed by atoms with Gasteiger partial charge in [0.15, 0.2) is 5.78 Å². The van der Waals surface area contributed by atoms with Crippen molar-refractivity contribution in [3.63, 3.8) is 0 Å². The van der Waals surface area contributed by atoms with E-state index >= 15 is 0 Å². The number of imide groups is 1. The quantitative estimate of drug-likeness (QED) is 0.0621. The Bertz CT molecular complexity index is 2180. The third kappa shape index (κ3) is 17.6. The van der Waals surface area contributed by atoms with Crippen LogP contribution in [-0.2, 0) is 52.5 Å². The maximum absolute atomic E-state index is 14.9. The Kier molecular flexibility index (Phi) is 26.7. The number of ketones is 1. The van der Waals surface area contributed by atoms with Crippen molar-refractivity contribution in [3.05, 3.63) is 48.0 Å². The summed E-state index contributed by atoms with van der Waals surface area (Å²) >= 11 is 1.32. The number of likely N-dealkylation sites (tertiary alicyclic amines) is 2. The van der Waals surface area contributed by atoms with Crippen molar-refractivity contribution in [2.75, 3.05) is 60.8 Å². The highest BCUT2D eigenvalue weighted by atomic mass is 32.2. The van der Waals surface area contributed by atoms with Crippen LogP contribution >= 0.6 is 11.8 Å². The van der Waals surface area contributed by atoms with E-state index in [4.69, 9.17) is 18.9 Å². The summed E-state index contributed by atoms with van der Waals surface area (Å²) in [7, 11) is 6.26. The number of allylic oxidation sites excluding steroid dienone is 1. The lowest BCUT2D eigenvalue weighted by Gasteiger charge is -2.41. The molecule has 13 atom stereocenters. The van der Waals surface area contributed by atoms with Gasteiger partial charge in [-0.1, -0.05) is 97.7 Å². The SMILES string of the molecule is CC[C@H](C)[C@@H]([C@@H](CC(=O)N1CCC[C@H]1[C@H](OC)[C@@H](C)C(=O)N[C@H](C)[C@@H](O)c1ccccc1)OC)N(C)C(=O)[C@H](CC(=O)[C@H](C(C)C)N(C)C(=O)OC1/C=C/CCCCC1OCC(=O)NCCN1C(=O)CC(SC)C1=O)C(C)C. The molecule has 0 saturated carbocycles. The molecule has 4 rings (SSSR count). The van der Waals surface area contributed by atoms with Gasteiger partial charge in [0.05, 0.1) is 66.2 Å². The van der Waals surface area contributed by atoms with E-state index in [2.05, 4.69) is 10.6 Å². The first-order valence-corrected chi connectivity index (χ1v) is 29.3. The molecule has 0 spiro atoms. The zero-order chi connectivity index (χ0) is 58.0. The Morgan fingerprint density at radius 2 is 1.58 bits per heavy atom. The van der Waals surface area contributed by atoms with Crippen LogP contribution in [0.25, 0.3) is 0 Å². The Morgan fingerprint density at radius 3 is 2.18 bits per heavy atom. The van der Waals surface area contributed by atoms with Crippen LogP contribution in [0, 0.1) is 29.6 Å². The average molecular weight is 1110 g/mol. The maximum Gasteiger partial charge on any atom is 0.410 e. The van der Waals surface area contributed by atoms with Crippen molar-refractivity contribution in [3.8, 4) is 0 Å². The van der Waals surface area contributed by atoms with Gasteiger partial charge in [-0.2, -0.15) is 11.8 Å². The molecule has 3 unspecified atom stereocenters. The van der Waals surface area contributed by atoms with Crippen molar-refractivity contribution in [2.24, 2.45) is 29.6 Å². The molecule has 78 heavy (non-hydrogen) atoms. The summed E-state index contributed by atoms with van der Waals surface area (Å²) < 4.78 is 24.2. The molecular weight excluding hydrogens is 1020 g/mol. The van der Waals surface area contributed by atoms with E-state index in [-0.39, 0.29) is 92.0 Å². The molecule has 3 aliphatic rings. The molecule has 2 saturated heterocycles. The topological polar surface area (TPSA) is 231 Å². The van der Waals surface area contributed by atoms with Crippen LogP contribution in [0.4, 0.5) is 4.79 Å². The van der Waals surface area contributed by atoms with Gasteiger partial charge in [0, 0.05) is 66.7 Å². The van der Waals surface area contributed by atoms with Gasteiger partial charge in [-0.05, 0) is 74.7 Å². The number of thioether (sulfide) groups is 1. The fraction of sp³-hybridized carbons (Fsp3) is 0.724. The minimum absolute atomic E-state index is 0.0516. The zero-order valence-corrected chi connectivity index (χ0v) is 49.5. The Morgan fingerprint density at radius 1 is 0.885 bits per heavy atom. The lowest BCUT2D eigenvalue weighted by Crippen LogP contribution is -2.55. The fourth-order valence-corrected chi connectivity index (χ4v) is 11.9. The van der Waals surface area contributed by atoms with Crippen LogP contribution in [0.15, 0.2) is 42.5 Å². The van der Waals surface area contributed by atoms with Crippen molar-refractivity contribution in [1.29, 1.82) is 0 Å². The molecule has 3 N–H and O–H groups in total. The van der Waals surface area contributed by atoms with E-state index < -0.39 is 83.8 Å². The first kappa shape index (κ1) is 65.6. The number of hydrogen-bond acceptors (Lipinski definition) is 14. The molecule has 20 heteroatoms. The van der Waals surface area contributed by atoms with Crippen LogP contribution < -0.4 is 10.6 Å². The molecule has 19 nitrogen and oxygen atoms in total. The molecule has 2 fully saturated rings. The summed E-state index contributed by atoms with van der Waals surface area (Å²) in [5.41, 5.74) is 0.681. The van der Waals surface area contributed by atoms with Gasteiger partial charge < -0.3 is 49.4 Å². The van der Waals surface area contributed by atoms with E-state index in [9.17, 15) is 43.5 Å². The number of nitrogens with one attached hydrogen (secondary N) is 2. The largest absolute Gasteiger partial charge is 0.439 e. The van der Waals surface area contributed by atoms with Crippen molar-refractivity contribution >= 4 is 59.1 Å². The van der Waals surface area contributed by atoms with Gasteiger partial charge in [-0.3, -0.25) is 38.5 Å². The summed E-state index contributed by atoms with van der Waals surface area (Å²) in [6.07, 6.45) is 5.58. The first-order valence-electron chi connectivity index (χ1n) is 28.1. The van der Waals surface area contributed by atoms with E-state index in [0.717, 1.165) is 24.2 Å². The molecular formula is C58H92N6O13S. The first-order chi connectivity index (χ1) is 37.0. The minimum Gasteiger partial charge on any atom is -0.439 e. The van der Waals surface area contributed by atoms with Crippen LogP contribution in [-0.4, -0.2) is 187 Å². The van der Waals surface area contributed by atoms with Gasteiger partial charge >= 0.3 is 6.09 Å². The lowest BCUT2D eigenvalue weighted by molar-refractivity contribution is -0.149. The van der Waals surface area contributed by atoms with Crippen molar-refractivity contribution < 1.29 is 62.4 Å². The normalized spacial score (nSPS) is 22.8. The number of aliphatic hydroxyl groups excluding tert-OH is 1. The van der Waals surface area contributed by atoms with E-state index in [1.54, 1.807) is 55.2 Å². The predicted molar refractivity (Wildman–Crippen MR) is 299 cm³/mol. The average Bonchev–Trinajstić information content (AvgIpc) is 4.02. The number of benzene rings is 1. The fourth-order valence-electron chi connectivity index (χ4n) is 11.3. The van der Waals surface area contributed by atoms with Crippen LogP contribution in [0.2, 0.25) is 0 Å². The number of amides is 7. The van der Waals surface area contributed by atoms with Crippen LogP contribution in [0.3, 0.4) is 0 Å². The van der Waals surface area contributed by atoms with E-state index in [0.29, 0.717) is 37.8 Å². The molecule has 0 bridgehead atoms. The number of carbonyl (C=O) groups excluding carboxylic acids is 8. The van der Waals surface area contributed by atoms with E-state index in [1.807, 2.05) is 65.8 Å². The van der Waals surface area contributed by atoms with Crippen LogP contribution in [0.1, 0.15) is 131 Å². The summed E-state index contributed by atoms with van der Waals surface area (Å²) in [4.78, 5) is 115. The summed E-state index contributed by atoms with van der Waals surface area (Å²) in [6, 6.07) is 6.59. The second-order valence-electron chi connectivity index (χ2n) is 22.1. The van der Waals surface area contributed by atoms with Crippen molar-refractivity contribution in [1.82, 2.24) is 30.2 Å². The zero-order valence-electron chi connectivity index (χ0n) is 48.6. The molecule has 2 aliphatic heterocycles. The minimum atomic E-state index is -0.961. The summed E-state index contributed by atoms with van der Waals surface area (Å²) in [5.74, 6) is -4.34. The number of carbonyl (C=O) groups is 8. The van der Waals surface area contributed by atoms with Gasteiger partial charge in [0.25, 0.3) is 0 Å². The smallest absolute Gasteiger partial charge is 0.410 e. The van der Waals surface area contributed by atoms with Gasteiger partial charge in [-0.15, -0.1) is 0 Å². The van der Waals surface area contributed by atoms with Gasteiger partial charge in [-0.25, -0.2) is 4.79 Å². The molecule has 0 aromatic heterocycles. The Balaban J connectivity index is 1.42. The summed E-state index contributed by atoms with van der Waals surface area (Å²) in [6.45, 7) is 15.2. The molecule has 1 aromatic carbocycles. The third-order valence-electron chi connectivity index (χ3n) is 16.1.